The number of amides is 1. The number of halogens is 4. The number of carbonyl (C=O) groups is 1. The first-order chi connectivity index (χ1) is 22.3. The molecule has 1 aliphatic heterocycles. The molecule has 3 atom stereocenters. The van der Waals surface area contributed by atoms with Gasteiger partial charge in [0, 0.05) is 40.9 Å². The van der Waals surface area contributed by atoms with Crippen molar-refractivity contribution in [2.45, 2.75) is 74.8 Å². The lowest BCUT2D eigenvalue weighted by molar-refractivity contribution is -0.265. The van der Waals surface area contributed by atoms with Crippen LogP contribution in [0.25, 0.3) is 11.3 Å². The molecule has 1 saturated carbocycles. The third-order valence-corrected chi connectivity index (χ3v) is 10.00. The maximum Gasteiger partial charge on any atom is 0.424 e. The molecule has 2 heterocycles. The van der Waals surface area contributed by atoms with Gasteiger partial charge in [0.05, 0.1) is 25.5 Å². The second-order valence-electron chi connectivity index (χ2n) is 13.1. The number of rotatable bonds is 10. The first kappa shape index (κ1) is 35.7. The van der Waals surface area contributed by atoms with Crippen molar-refractivity contribution >= 4 is 17.3 Å². The number of carbonyl (C=O) groups excluding carboxylic acids is 1. The molecule has 1 aliphatic carbocycles. The van der Waals surface area contributed by atoms with Gasteiger partial charge < -0.3 is 34.3 Å². The van der Waals surface area contributed by atoms with Crippen LogP contribution < -0.4 is 24.2 Å². The number of methoxy groups -OCH3 is 1. The highest BCUT2D eigenvalue weighted by Crippen LogP contribution is 2.47. The maximum absolute atomic E-state index is 14.9. The molecule has 4 N–H and O–H groups in total. The molecule has 0 spiro atoms. The molecule has 3 unspecified atom stereocenters. The summed E-state index contributed by atoms with van der Waals surface area (Å²) in [6.07, 6.45) is -5.20. The lowest BCUT2D eigenvalue weighted by Crippen LogP contribution is -2.52. The Morgan fingerprint density at radius 1 is 1.12 bits per heavy atom. The highest BCUT2D eigenvalue weighted by Gasteiger charge is 2.58. The fourth-order valence-electron chi connectivity index (χ4n) is 5.21. The van der Waals surface area contributed by atoms with Gasteiger partial charge in [0.25, 0.3) is 5.91 Å². The number of alkyl halides is 3. The van der Waals surface area contributed by atoms with Gasteiger partial charge in [0.15, 0.2) is 17.2 Å². The normalized spacial score (nSPS) is 22.5. The number of hydrogen-bond acceptors (Lipinski definition) is 9. The summed E-state index contributed by atoms with van der Waals surface area (Å²) in [7, 11) is 1.34. The Morgan fingerprint density at radius 3 is 2.38 bits per heavy atom. The number of fused-ring (bicyclic) bond motifs is 1. The van der Waals surface area contributed by atoms with Gasteiger partial charge in [-0.2, -0.15) is 13.2 Å². The van der Waals surface area contributed by atoms with Crippen LogP contribution in [0.4, 0.5) is 17.6 Å². The van der Waals surface area contributed by atoms with Crippen LogP contribution in [0.1, 0.15) is 62.2 Å². The topological polar surface area (TPSA) is 145 Å². The van der Waals surface area contributed by atoms with Crippen molar-refractivity contribution in [1.82, 2.24) is 15.0 Å². The first-order valence-corrected chi connectivity index (χ1v) is 16.2. The molecule has 0 radical (unpaired) electrons. The van der Waals surface area contributed by atoms with Crippen LogP contribution in [0.2, 0.25) is 0 Å². The number of nitrogens with one attached hydrogen (secondary N) is 2. The van der Waals surface area contributed by atoms with Crippen LogP contribution in [-0.2, 0) is 22.5 Å². The van der Waals surface area contributed by atoms with E-state index in [9.17, 15) is 37.1 Å². The second kappa shape index (κ2) is 13.0. The van der Waals surface area contributed by atoms with Crippen LogP contribution in [0.3, 0.4) is 0 Å². The average Bonchev–Trinajstić information content (AvgIpc) is 3.33. The molecular formula is C33H37F4N3O7S. The third-order valence-electron chi connectivity index (χ3n) is 8.25. The summed E-state index contributed by atoms with van der Waals surface area (Å²) in [6, 6.07) is 9.90. The molecule has 3 aromatic rings. The molecule has 2 aliphatic rings. The standard InChI is InChI=1S/C33H37F4N3O7S/c1-30(2,3)48(44)40-31(4)17-46-28-23(31)15-26(39-27(28)18-6-9-20(34)10-7-18)32(43,33(35,36)37)16-38-29(42)19-8-11-24(25(12-19)45-5)47-22-13-21(41)14-22/h6-12,15,21-22,40-41,43H,13-14,16-17H2,1-5H3,(H,38,42). The lowest BCUT2D eigenvalue weighted by Gasteiger charge is -2.33. The van der Waals surface area contributed by atoms with Crippen molar-refractivity contribution in [2.75, 3.05) is 20.3 Å². The summed E-state index contributed by atoms with van der Waals surface area (Å²) < 4.78 is 90.7. The number of benzene rings is 2. The van der Waals surface area contributed by atoms with Gasteiger partial charge in [0.1, 0.15) is 34.5 Å². The molecule has 0 saturated heterocycles. The summed E-state index contributed by atoms with van der Waals surface area (Å²) in [5.74, 6) is -1.02. The van der Waals surface area contributed by atoms with E-state index in [0.29, 0.717) is 18.6 Å². The monoisotopic (exact) mass is 695 g/mol. The van der Waals surface area contributed by atoms with Gasteiger partial charge in [-0.25, -0.2) is 9.37 Å². The number of ether oxygens (including phenoxy) is 3. The Bertz CT molecular complexity index is 1660. The molecule has 1 aromatic heterocycles. The van der Waals surface area contributed by atoms with Crippen molar-refractivity contribution in [3.05, 3.63) is 71.2 Å². The molecule has 0 bridgehead atoms. The van der Waals surface area contributed by atoms with E-state index in [-0.39, 0.29) is 46.6 Å². The van der Waals surface area contributed by atoms with Crippen LogP contribution >= 0.6 is 0 Å². The number of aliphatic hydroxyl groups is 2. The zero-order valence-electron chi connectivity index (χ0n) is 26.9. The van der Waals surface area contributed by atoms with Crippen molar-refractivity contribution in [2.24, 2.45) is 0 Å². The highest BCUT2D eigenvalue weighted by molar-refractivity contribution is 7.90. The molecule has 15 heteroatoms. The number of aromatic nitrogens is 1. The first-order valence-electron chi connectivity index (χ1n) is 15.1. The molecule has 5 rings (SSSR count). The lowest BCUT2D eigenvalue weighted by atomic mass is 9.89. The van der Waals surface area contributed by atoms with E-state index in [1.54, 1.807) is 27.7 Å². The summed E-state index contributed by atoms with van der Waals surface area (Å²) in [6.45, 7) is 5.30. The third kappa shape index (κ3) is 7.06. The summed E-state index contributed by atoms with van der Waals surface area (Å²) >= 11 is -1.68. The zero-order chi connectivity index (χ0) is 35.2. The van der Waals surface area contributed by atoms with Crippen molar-refractivity contribution in [3.8, 4) is 28.5 Å². The SMILES string of the molecule is COc1cc(C(=O)NCC(O)(c2cc3c(c(-c4ccc(F)cc4)n2)OCC3(C)N[S+]([O-])C(C)(C)C)C(F)(F)F)ccc1OC1CC(O)C1. The number of aliphatic hydroxyl groups excluding tert-OH is 1. The Morgan fingerprint density at radius 2 is 1.79 bits per heavy atom. The van der Waals surface area contributed by atoms with Gasteiger partial charge >= 0.3 is 6.18 Å². The Kier molecular flexibility index (Phi) is 9.67. The molecular weight excluding hydrogens is 658 g/mol. The average molecular weight is 696 g/mol. The van der Waals surface area contributed by atoms with E-state index < -0.39 is 63.5 Å². The van der Waals surface area contributed by atoms with Crippen molar-refractivity contribution in [1.29, 1.82) is 0 Å². The Balaban J connectivity index is 1.51. The molecule has 260 valence electrons. The molecule has 1 fully saturated rings. The quantitative estimate of drug-likeness (QED) is 0.176. The molecule has 48 heavy (non-hydrogen) atoms. The van der Waals surface area contributed by atoms with Gasteiger partial charge in [-0.15, -0.1) is 4.72 Å². The Labute approximate surface area is 278 Å². The number of nitrogens with zero attached hydrogens (tertiary/aromatic N) is 1. The second-order valence-corrected chi connectivity index (χ2v) is 15.1. The van der Waals surface area contributed by atoms with Crippen LogP contribution in [0.5, 0.6) is 17.2 Å². The van der Waals surface area contributed by atoms with E-state index in [0.717, 1.165) is 18.2 Å². The zero-order valence-corrected chi connectivity index (χ0v) is 27.7. The fraction of sp³-hybridized carbons (Fsp3) is 0.455. The van der Waals surface area contributed by atoms with Crippen molar-refractivity contribution in [3.63, 3.8) is 0 Å². The van der Waals surface area contributed by atoms with Crippen LogP contribution in [0, 0.1) is 5.82 Å². The van der Waals surface area contributed by atoms with Gasteiger partial charge in [-0.3, -0.25) is 4.79 Å². The summed E-state index contributed by atoms with van der Waals surface area (Å²) in [5.41, 5.74) is -5.69. The van der Waals surface area contributed by atoms with E-state index in [4.69, 9.17) is 14.2 Å². The largest absolute Gasteiger partial charge is 0.598 e. The van der Waals surface area contributed by atoms with Gasteiger partial charge in [0.2, 0.25) is 5.60 Å². The highest BCUT2D eigenvalue weighted by atomic mass is 32.2. The van der Waals surface area contributed by atoms with E-state index in [1.165, 1.54) is 37.4 Å². The molecule has 1 amide bonds. The van der Waals surface area contributed by atoms with E-state index in [1.807, 2.05) is 0 Å². The predicted octanol–water partition coefficient (Wildman–Crippen LogP) is 4.64. The van der Waals surface area contributed by atoms with Crippen LogP contribution in [-0.4, -0.2) is 69.0 Å². The fourth-order valence-corrected chi connectivity index (χ4v) is 6.09. The molecule has 2 aromatic carbocycles. The minimum Gasteiger partial charge on any atom is -0.598 e. The van der Waals surface area contributed by atoms with Crippen molar-refractivity contribution < 1.29 is 51.3 Å². The minimum absolute atomic E-state index is 0.0684. The molecule has 10 nitrogen and oxygen atoms in total. The summed E-state index contributed by atoms with van der Waals surface area (Å²) in [5, 5.41) is 23.1. The van der Waals surface area contributed by atoms with Gasteiger partial charge in [-0.1, -0.05) is 0 Å². The van der Waals surface area contributed by atoms with Crippen LogP contribution in [0.15, 0.2) is 48.5 Å². The smallest absolute Gasteiger partial charge is 0.424 e. The maximum atomic E-state index is 14.9. The predicted molar refractivity (Wildman–Crippen MR) is 168 cm³/mol. The minimum atomic E-state index is -5.35. The van der Waals surface area contributed by atoms with Gasteiger partial charge in [-0.05, 0) is 76.2 Å². The number of pyridine rings is 1. The van der Waals surface area contributed by atoms with E-state index >= 15 is 0 Å². The Hall–Kier alpha value is -3.63. The van der Waals surface area contributed by atoms with E-state index in [2.05, 4.69) is 15.0 Å². The number of hydrogen-bond donors (Lipinski definition) is 4. The summed E-state index contributed by atoms with van der Waals surface area (Å²) in [4.78, 5) is 17.3.